The molecule has 0 amide bonds. The molecule has 0 saturated carbocycles. The average Bonchev–Trinajstić information content (AvgIpc) is 2.91. The SMILES string of the molecule is COc1cc(N)ccc1S(=O)(=O)NCCC1=CCCC1. The molecular formula is C14H20N2O3S. The second-order valence-corrected chi connectivity index (χ2v) is 6.55. The predicted octanol–water partition coefficient (Wildman–Crippen LogP) is 2.06. The minimum Gasteiger partial charge on any atom is -0.495 e. The van der Waals surface area contributed by atoms with Crippen molar-refractivity contribution in [2.75, 3.05) is 19.4 Å². The molecule has 0 spiro atoms. The van der Waals surface area contributed by atoms with Crippen LogP contribution in [-0.2, 0) is 10.0 Å². The van der Waals surface area contributed by atoms with Gasteiger partial charge in [0.1, 0.15) is 10.6 Å². The van der Waals surface area contributed by atoms with E-state index in [9.17, 15) is 8.42 Å². The number of rotatable bonds is 6. The molecule has 0 fully saturated rings. The zero-order chi connectivity index (χ0) is 14.6. The molecule has 0 atom stereocenters. The first kappa shape index (κ1) is 14.9. The first-order valence-corrected chi connectivity index (χ1v) is 8.12. The van der Waals surface area contributed by atoms with E-state index < -0.39 is 10.0 Å². The van der Waals surface area contributed by atoms with Crippen molar-refractivity contribution in [1.82, 2.24) is 4.72 Å². The summed E-state index contributed by atoms with van der Waals surface area (Å²) in [6.07, 6.45) is 6.31. The van der Waals surface area contributed by atoms with Crippen LogP contribution in [0.15, 0.2) is 34.7 Å². The van der Waals surface area contributed by atoms with Gasteiger partial charge in [-0.2, -0.15) is 0 Å². The van der Waals surface area contributed by atoms with Crippen LogP contribution in [-0.4, -0.2) is 22.1 Å². The van der Waals surface area contributed by atoms with E-state index in [4.69, 9.17) is 10.5 Å². The maximum Gasteiger partial charge on any atom is 0.244 e. The lowest BCUT2D eigenvalue weighted by Gasteiger charge is -2.11. The topological polar surface area (TPSA) is 81.4 Å². The van der Waals surface area contributed by atoms with Crippen LogP contribution in [0, 0.1) is 0 Å². The summed E-state index contributed by atoms with van der Waals surface area (Å²) in [5.41, 5.74) is 7.43. The first-order chi connectivity index (χ1) is 9.53. The number of nitrogens with one attached hydrogen (secondary N) is 1. The first-order valence-electron chi connectivity index (χ1n) is 6.64. The highest BCUT2D eigenvalue weighted by atomic mass is 32.2. The summed E-state index contributed by atoms with van der Waals surface area (Å²) in [7, 11) is -2.14. The van der Waals surface area contributed by atoms with Gasteiger partial charge in [-0.15, -0.1) is 0 Å². The lowest BCUT2D eigenvalue weighted by Crippen LogP contribution is -2.25. The fraction of sp³-hybridized carbons (Fsp3) is 0.429. The second kappa shape index (κ2) is 6.28. The molecule has 0 heterocycles. The number of hydrogen-bond donors (Lipinski definition) is 2. The molecule has 0 aliphatic heterocycles. The van der Waals surface area contributed by atoms with Gasteiger partial charge in [-0.3, -0.25) is 0 Å². The average molecular weight is 296 g/mol. The number of allylic oxidation sites excluding steroid dienone is 1. The van der Waals surface area contributed by atoms with Crippen LogP contribution in [0.5, 0.6) is 5.75 Å². The summed E-state index contributed by atoms with van der Waals surface area (Å²) in [5.74, 6) is 0.262. The summed E-state index contributed by atoms with van der Waals surface area (Å²) in [4.78, 5) is 0.120. The monoisotopic (exact) mass is 296 g/mol. The molecule has 0 saturated heterocycles. The highest BCUT2D eigenvalue weighted by Crippen LogP contribution is 2.26. The lowest BCUT2D eigenvalue weighted by molar-refractivity contribution is 0.402. The number of anilines is 1. The quantitative estimate of drug-likeness (QED) is 0.622. The molecule has 1 aliphatic rings. The van der Waals surface area contributed by atoms with Gasteiger partial charge in [0.2, 0.25) is 10.0 Å². The molecule has 0 aromatic heterocycles. The van der Waals surface area contributed by atoms with Crippen LogP contribution < -0.4 is 15.2 Å². The van der Waals surface area contributed by atoms with E-state index in [2.05, 4.69) is 10.8 Å². The van der Waals surface area contributed by atoms with Crippen molar-refractivity contribution in [2.24, 2.45) is 0 Å². The molecular weight excluding hydrogens is 276 g/mol. The van der Waals surface area contributed by atoms with Crippen molar-refractivity contribution >= 4 is 15.7 Å². The number of nitrogen functional groups attached to an aromatic ring is 1. The van der Waals surface area contributed by atoms with Crippen LogP contribution in [0.25, 0.3) is 0 Å². The largest absolute Gasteiger partial charge is 0.495 e. The number of hydrogen-bond acceptors (Lipinski definition) is 4. The normalized spacial score (nSPS) is 15.2. The van der Waals surface area contributed by atoms with E-state index >= 15 is 0 Å². The molecule has 3 N–H and O–H groups in total. The Morgan fingerprint density at radius 3 is 2.85 bits per heavy atom. The van der Waals surface area contributed by atoms with Gasteiger partial charge in [0.05, 0.1) is 7.11 Å². The number of ether oxygens (including phenoxy) is 1. The van der Waals surface area contributed by atoms with Gasteiger partial charge in [0.25, 0.3) is 0 Å². The van der Waals surface area contributed by atoms with Crippen molar-refractivity contribution in [2.45, 2.75) is 30.6 Å². The van der Waals surface area contributed by atoms with E-state index in [-0.39, 0.29) is 10.6 Å². The van der Waals surface area contributed by atoms with Crippen molar-refractivity contribution < 1.29 is 13.2 Å². The van der Waals surface area contributed by atoms with Crippen LogP contribution in [0.1, 0.15) is 25.7 Å². The standard InChI is InChI=1S/C14H20N2O3S/c1-19-13-10-12(15)6-7-14(13)20(17,18)16-9-8-11-4-2-3-5-11/h4,6-7,10,16H,2-3,5,8-9,15H2,1H3. The molecule has 5 nitrogen and oxygen atoms in total. The predicted molar refractivity (Wildman–Crippen MR) is 79.1 cm³/mol. The lowest BCUT2D eigenvalue weighted by atomic mass is 10.2. The van der Waals surface area contributed by atoms with Crippen molar-refractivity contribution in [3.05, 3.63) is 29.8 Å². The maximum absolute atomic E-state index is 12.2. The summed E-state index contributed by atoms with van der Waals surface area (Å²) in [5, 5.41) is 0. The summed E-state index contributed by atoms with van der Waals surface area (Å²) in [6, 6.07) is 4.52. The Balaban J connectivity index is 2.06. The third-order valence-corrected chi connectivity index (χ3v) is 4.85. The summed E-state index contributed by atoms with van der Waals surface area (Å²) >= 11 is 0. The van der Waals surface area contributed by atoms with Gasteiger partial charge in [-0.05, 0) is 37.8 Å². The zero-order valence-electron chi connectivity index (χ0n) is 11.6. The smallest absolute Gasteiger partial charge is 0.244 e. The third kappa shape index (κ3) is 3.52. The van der Waals surface area contributed by atoms with Gasteiger partial charge >= 0.3 is 0 Å². The Morgan fingerprint density at radius 2 is 2.20 bits per heavy atom. The molecule has 2 rings (SSSR count). The molecule has 1 aromatic rings. The summed E-state index contributed by atoms with van der Waals surface area (Å²) in [6.45, 7) is 0.404. The van der Waals surface area contributed by atoms with E-state index in [1.165, 1.54) is 31.2 Å². The molecule has 0 radical (unpaired) electrons. The minimum atomic E-state index is -3.57. The Labute approximate surface area is 119 Å². The minimum absolute atomic E-state index is 0.120. The van der Waals surface area contributed by atoms with E-state index in [0.29, 0.717) is 12.2 Å². The Morgan fingerprint density at radius 1 is 1.40 bits per heavy atom. The molecule has 0 unspecified atom stereocenters. The van der Waals surface area contributed by atoms with Gasteiger partial charge in [-0.25, -0.2) is 13.1 Å². The van der Waals surface area contributed by atoms with Crippen LogP contribution in [0.3, 0.4) is 0 Å². The molecule has 6 heteroatoms. The molecule has 0 bridgehead atoms. The Hall–Kier alpha value is -1.53. The second-order valence-electron chi connectivity index (χ2n) is 4.81. The van der Waals surface area contributed by atoms with Gasteiger partial charge < -0.3 is 10.5 Å². The van der Waals surface area contributed by atoms with Crippen LogP contribution in [0.4, 0.5) is 5.69 Å². The van der Waals surface area contributed by atoms with Crippen molar-refractivity contribution in [1.29, 1.82) is 0 Å². The van der Waals surface area contributed by atoms with E-state index in [1.54, 1.807) is 6.07 Å². The highest BCUT2D eigenvalue weighted by molar-refractivity contribution is 7.89. The maximum atomic E-state index is 12.2. The summed E-state index contributed by atoms with van der Waals surface area (Å²) < 4.78 is 32.2. The van der Waals surface area contributed by atoms with Crippen molar-refractivity contribution in [3.8, 4) is 5.75 Å². The number of methoxy groups -OCH3 is 1. The Bertz CT molecular complexity index is 609. The molecule has 20 heavy (non-hydrogen) atoms. The number of sulfonamides is 1. The highest BCUT2D eigenvalue weighted by Gasteiger charge is 2.19. The molecule has 110 valence electrons. The van der Waals surface area contributed by atoms with E-state index in [0.717, 1.165) is 19.3 Å². The number of nitrogens with two attached hydrogens (primary N) is 1. The van der Waals surface area contributed by atoms with Crippen LogP contribution >= 0.6 is 0 Å². The Kier molecular flexibility index (Phi) is 4.67. The van der Waals surface area contributed by atoms with Gasteiger partial charge in [-0.1, -0.05) is 11.6 Å². The fourth-order valence-corrected chi connectivity index (χ4v) is 3.47. The van der Waals surface area contributed by atoms with Crippen molar-refractivity contribution in [3.63, 3.8) is 0 Å². The van der Waals surface area contributed by atoms with E-state index in [1.807, 2.05) is 0 Å². The number of benzene rings is 1. The zero-order valence-corrected chi connectivity index (χ0v) is 12.4. The fourth-order valence-electron chi connectivity index (χ4n) is 2.29. The van der Waals surface area contributed by atoms with Gasteiger partial charge in [0.15, 0.2) is 0 Å². The van der Waals surface area contributed by atoms with Crippen LogP contribution in [0.2, 0.25) is 0 Å². The molecule has 1 aromatic carbocycles. The molecule has 1 aliphatic carbocycles. The third-order valence-electron chi connectivity index (χ3n) is 3.35. The van der Waals surface area contributed by atoms with Gasteiger partial charge in [0, 0.05) is 18.3 Å².